The van der Waals surface area contributed by atoms with E-state index in [1.54, 1.807) is 23.5 Å². The molecule has 0 N–H and O–H groups in total. The third kappa shape index (κ3) is 4.69. The fraction of sp³-hybridized carbons (Fsp3) is 0.538. The molecule has 4 heteroatoms. The maximum absolute atomic E-state index is 11.9. The minimum absolute atomic E-state index is 0.0756. The van der Waals surface area contributed by atoms with Crippen LogP contribution in [0.5, 0.6) is 0 Å². The van der Waals surface area contributed by atoms with Gasteiger partial charge in [0.15, 0.2) is 0 Å². The van der Waals surface area contributed by atoms with E-state index in [9.17, 15) is 4.79 Å². The van der Waals surface area contributed by atoms with Crippen LogP contribution in [0.15, 0.2) is 11.5 Å². The molecule has 1 heterocycles. The average molecular weight is 252 g/mol. The van der Waals surface area contributed by atoms with Crippen LogP contribution in [0, 0.1) is 6.92 Å². The summed E-state index contributed by atoms with van der Waals surface area (Å²) in [6.07, 6.45) is 5.58. The first-order valence-corrected chi connectivity index (χ1v) is 6.94. The zero-order valence-electron chi connectivity index (χ0n) is 10.8. The Morgan fingerprint density at radius 3 is 2.82 bits per heavy atom. The van der Waals surface area contributed by atoms with E-state index < -0.39 is 0 Å². The highest BCUT2D eigenvalue weighted by atomic mass is 32.1. The van der Waals surface area contributed by atoms with E-state index in [0.29, 0.717) is 0 Å². The van der Waals surface area contributed by atoms with Gasteiger partial charge in [0.05, 0.1) is 10.7 Å². The number of thiazole rings is 1. The van der Waals surface area contributed by atoms with Crippen molar-refractivity contribution < 1.29 is 4.79 Å². The lowest BCUT2D eigenvalue weighted by Gasteiger charge is -2.18. The third-order valence-corrected chi connectivity index (χ3v) is 3.30. The highest BCUT2D eigenvalue weighted by Crippen LogP contribution is 2.09. The third-order valence-electron chi connectivity index (χ3n) is 2.51. The highest BCUT2D eigenvalue weighted by molar-refractivity contribution is 7.09. The second-order valence-electron chi connectivity index (χ2n) is 3.90. The number of rotatable bonds is 6. The van der Waals surface area contributed by atoms with Crippen molar-refractivity contribution in [2.24, 2.45) is 0 Å². The number of aromatic nitrogens is 1. The largest absolute Gasteiger partial charge is 0.339 e. The molecule has 1 aromatic heterocycles. The first-order valence-electron chi connectivity index (χ1n) is 6.06. The smallest absolute Gasteiger partial charge is 0.246 e. The molecule has 1 aromatic rings. The molecule has 0 unspecified atom stereocenters. The summed E-state index contributed by atoms with van der Waals surface area (Å²) in [5.74, 6) is 0.0756. The van der Waals surface area contributed by atoms with Gasteiger partial charge < -0.3 is 4.90 Å². The number of hydrogen-bond acceptors (Lipinski definition) is 3. The molecule has 94 valence electrons. The normalized spacial score (nSPS) is 11.0. The van der Waals surface area contributed by atoms with Crippen LogP contribution in [-0.4, -0.2) is 28.9 Å². The molecule has 1 amide bonds. The Hall–Kier alpha value is -1.16. The number of aryl methyl sites for hydroxylation is 1. The van der Waals surface area contributed by atoms with Gasteiger partial charge >= 0.3 is 0 Å². The zero-order valence-corrected chi connectivity index (χ0v) is 11.6. The minimum atomic E-state index is 0.0756. The van der Waals surface area contributed by atoms with E-state index in [-0.39, 0.29) is 5.91 Å². The van der Waals surface area contributed by atoms with Gasteiger partial charge in [0, 0.05) is 24.5 Å². The van der Waals surface area contributed by atoms with Crippen LogP contribution in [0.25, 0.3) is 6.08 Å². The number of carbonyl (C=O) groups is 1. The molecule has 3 nitrogen and oxygen atoms in total. The lowest BCUT2D eigenvalue weighted by Crippen LogP contribution is -2.30. The van der Waals surface area contributed by atoms with Crippen LogP contribution < -0.4 is 0 Å². The molecule has 0 aliphatic carbocycles. The summed E-state index contributed by atoms with van der Waals surface area (Å²) in [4.78, 5) is 18.0. The van der Waals surface area contributed by atoms with Crippen LogP contribution in [0.2, 0.25) is 0 Å². The molecule has 0 atom stereocenters. The second-order valence-corrected chi connectivity index (χ2v) is 4.96. The Labute approximate surface area is 107 Å². The molecular formula is C13H20N2OS. The first kappa shape index (κ1) is 13.9. The van der Waals surface area contributed by atoms with Crippen LogP contribution in [0.3, 0.4) is 0 Å². The summed E-state index contributed by atoms with van der Waals surface area (Å²) < 4.78 is 0. The van der Waals surface area contributed by atoms with Crippen molar-refractivity contribution >= 4 is 23.3 Å². The van der Waals surface area contributed by atoms with Crippen LogP contribution in [0.1, 0.15) is 37.4 Å². The number of amides is 1. The molecular weight excluding hydrogens is 232 g/mol. The lowest BCUT2D eigenvalue weighted by molar-refractivity contribution is -0.125. The molecule has 0 aliphatic heterocycles. The summed E-state index contributed by atoms with van der Waals surface area (Å²) >= 11 is 1.60. The van der Waals surface area contributed by atoms with Gasteiger partial charge in [-0.05, 0) is 26.3 Å². The maximum Gasteiger partial charge on any atom is 0.246 e. The number of hydrogen-bond donors (Lipinski definition) is 0. The van der Waals surface area contributed by atoms with Crippen molar-refractivity contribution in [1.29, 1.82) is 0 Å². The fourth-order valence-electron chi connectivity index (χ4n) is 1.49. The number of carbonyl (C=O) groups excluding carboxylic acids is 1. The molecule has 1 rings (SSSR count). The predicted octanol–water partition coefficient (Wildman–Crippen LogP) is 3.11. The number of unbranched alkanes of at least 4 members (excludes halogenated alkanes) is 1. The van der Waals surface area contributed by atoms with Gasteiger partial charge in [-0.2, -0.15) is 0 Å². The standard InChI is InChI=1S/C13H20N2OS/c1-4-6-9-15(5-2)13(16)8-7-12-10-17-11(3)14-12/h7-8,10H,4-6,9H2,1-3H3/b8-7+. The quantitative estimate of drug-likeness (QED) is 0.729. The summed E-state index contributed by atoms with van der Waals surface area (Å²) in [5.41, 5.74) is 0.868. The van der Waals surface area contributed by atoms with Crippen molar-refractivity contribution in [2.75, 3.05) is 13.1 Å². The summed E-state index contributed by atoms with van der Waals surface area (Å²) in [6, 6.07) is 0. The Balaban J connectivity index is 2.54. The van der Waals surface area contributed by atoms with Crippen molar-refractivity contribution in [3.63, 3.8) is 0 Å². The van der Waals surface area contributed by atoms with Crippen LogP contribution in [0.4, 0.5) is 0 Å². The first-order chi connectivity index (χ1) is 8.17. The topological polar surface area (TPSA) is 33.2 Å². The Morgan fingerprint density at radius 1 is 1.53 bits per heavy atom. The molecule has 0 spiro atoms. The van der Waals surface area contributed by atoms with E-state index in [4.69, 9.17) is 0 Å². The van der Waals surface area contributed by atoms with E-state index in [2.05, 4.69) is 11.9 Å². The molecule has 0 saturated heterocycles. The van der Waals surface area contributed by atoms with Crippen molar-refractivity contribution in [3.05, 3.63) is 22.2 Å². The van der Waals surface area contributed by atoms with E-state index in [1.807, 2.05) is 24.1 Å². The lowest BCUT2D eigenvalue weighted by atomic mass is 10.3. The minimum Gasteiger partial charge on any atom is -0.339 e. The molecule has 0 aliphatic rings. The highest BCUT2D eigenvalue weighted by Gasteiger charge is 2.07. The zero-order chi connectivity index (χ0) is 12.7. The Bertz CT molecular complexity index is 385. The van der Waals surface area contributed by atoms with Gasteiger partial charge in [-0.15, -0.1) is 11.3 Å². The maximum atomic E-state index is 11.9. The van der Waals surface area contributed by atoms with Gasteiger partial charge in [-0.3, -0.25) is 4.79 Å². The average Bonchev–Trinajstić information content (AvgIpc) is 2.73. The fourth-order valence-corrected chi connectivity index (χ4v) is 2.07. The molecule has 17 heavy (non-hydrogen) atoms. The van der Waals surface area contributed by atoms with E-state index in [1.165, 1.54) is 0 Å². The van der Waals surface area contributed by atoms with Gasteiger partial charge in [0.25, 0.3) is 0 Å². The van der Waals surface area contributed by atoms with Crippen LogP contribution in [-0.2, 0) is 4.79 Å². The summed E-state index contributed by atoms with van der Waals surface area (Å²) in [5, 5.41) is 2.98. The second kappa shape index (κ2) is 7.22. The Morgan fingerprint density at radius 2 is 2.29 bits per heavy atom. The molecule has 0 aromatic carbocycles. The summed E-state index contributed by atoms with van der Waals surface area (Å²) in [6.45, 7) is 7.70. The number of likely N-dealkylation sites (N-methyl/N-ethyl adjacent to an activating group) is 1. The van der Waals surface area contributed by atoms with Gasteiger partial charge in [0.1, 0.15) is 0 Å². The SMILES string of the molecule is CCCCN(CC)C(=O)/C=C/c1csc(C)n1. The van der Waals surface area contributed by atoms with Gasteiger partial charge in [-0.25, -0.2) is 4.98 Å². The van der Waals surface area contributed by atoms with Crippen molar-refractivity contribution in [1.82, 2.24) is 9.88 Å². The Kier molecular flexibility index (Phi) is 5.91. The molecule has 0 fully saturated rings. The van der Waals surface area contributed by atoms with Crippen molar-refractivity contribution in [3.8, 4) is 0 Å². The van der Waals surface area contributed by atoms with Gasteiger partial charge in [0.2, 0.25) is 5.91 Å². The van der Waals surface area contributed by atoms with Gasteiger partial charge in [-0.1, -0.05) is 13.3 Å². The number of nitrogens with zero attached hydrogens (tertiary/aromatic N) is 2. The van der Waals surface area contributed by atoms with Crippen LogP contribution >= 0.6 is 11.3 Å². The monoisotopic (exact) mass is 252 g/mol. The molecule has 0 bridgehead atoms. The van der Waals surface area contributed by atoms with Crippen molar-refractivity contribution in [2.45, 2.75) is 33.6 Å². The van der Waals surface area contributed by atoms with E-state index >= 15 is 0 Å². The van der Waals surface area contributed by atoms with E-state index in [0.717, 1.165) is 36.6 Å². The summed E-state index contributed by atoms with van der Waals surface area (Å²) in [7, 11) is 0. The predicted molar refractivity (Wildman–Crippen MR) is 73.0 cm³/mol. The molecule has 0 saturated carbocycles. The molecule has 0 radical (unpaired) electrons.